The average molecular weight is 1110 g/mol. The first-order chi connectivity index (χ1) is 36.6. The number of benzene rings is 1. The number of carbonyl (C=O) groups excluding carboxylic acids is 3. The molecule has 0 bridgehead atoms. The molecule has 3 aliphatic heterocycles. The number of carbonyl (C=O) groups is 3. The third-order valence-corrected chi connectivity index (χ3v) is 20.9. The van der Waals surface area contributed by atoms with Gasteiger partial charge in [-0.05, 0) is 127 Å². The minimum atomic E-state index is -1.90. The molecular formula is C57H84O21. The van der Waals surface area contributed by atoms with Crippen LogP contribution in [-0.2, 0) is 58.7 Å². The maximum atomic E-state index is 15.6. The zero-order valence-corrected chi connectivity index (χ0v) is 46.0. The zero-order valence-electron chi connectivity index (χ0n) is 46.0. The van der Waals surface area contributed by atoms with Gasteiger partial charge in [0, 0.05) is 6.42 Å². The van der Waals surface area contributed by atoms with Crippen LogP contribution in [0.15, 0.2) is 35.9 Å². The quantitative estimate of drug-likeness (QED) is 0.0618. The molecule has 1 aromatic rings. The number of hydrogen-bond donors (Lipinski definition) is 10. The highest BCUT2D eigenvalue weighted by Gasteiger charge is 2.72. The van der Waals surface area contributed by atoms with E-state index in [-0.39, 0.29) is 59.5 Å². The van der Waals surface area contributed by atoms with Crippen LogP contribution in [0.2, 0.25) is 0 Å². The molecular weight excluding hydrogens is 1020 g/mol. The van der Waals surface area contributed by atoms with Gasteiger partial charge in [-0.1, -0.05) is 72.2 Å². The van der Waals surface area contributed by atoms with Crippen molar-refractivity contribution < 1.29 is 103 Å². The third-order valence-electron chi connectivity index (χ3n) is 20.9. The Morgan fingerprint density at radius 3 is 2.04 bits per heavy atom. The van der Waals surface area contributed by atoms with Gasteiger partial charge in [-0.25, -0.2) is 4.79 Å². The number of fused-ring (bicyclic) bond motifs is 7. The maximum absolute atomic E-state index is 15.6. The van der Waals surface area contributed by atoms with E-state index in [1.54, 1.807) is 12.1 Å². The summed E-state index contributed by atoms with van der Waals surface area (Å²) in [5.41, 5.74) is -1.71. The Kier molecular flexibility index (Phi) is 16.5. The van der Waals surface area contributed by atoms with Gasteiger partial charge in [-0.2, -0.15) is 0 Å². The Balaban J connectivity index is 0.991. The van der Waals surface area contributed by atoms with Gasteiger partial charge in [0.05, 0.1) is 32.5 Å². The van der Waals surface area contributed by atoms with Crippen LogP contribution in [0.4, 0.5) is 0 Å². The number of methoxy groups -OCH3 is 1. The van der Waals surface area contributed by atoms with Gasteiger partial charge < -0.3 is 89.0 Å². The molecule has 8 aliphatic rings. The van der Waals surface area contributed by atoms with Gasteiger partial charge in [-0.15, -0.1) is 0 Å². The topological polar surface area (TPSA) is 327 Å². The molecule has 0 radical (unpaired) electrons. The number of aromatic hydroxyl groups is 1. The van der Waals surface area contributed by atoms with Crippen LogP contribution in [0, 0.1) is 50.2 Å². The van der Waals surface area contributed by atoms with Crippen LogP contribution in [0.5, 0.6) is 5.75 Å². The number of ether oxygens (including phenoxy) is 8. The summed E-state index contributed by atoms with van der Waals surface area (Å²) in [5, 5.41) is 109. The Morgan fingerprint density at radius 1 is 0.705 bits per heavy atom. The predicted molar refractivity (Wildman–Crippen MR) is 271 cm³/mol. The zero-order chi connectivity index (χ0) is 56.8. The lowest BCUT2D eigenvalue weighted by Crippen LogP contribution is -2.68. The summed E-state index contributed by atoms with van der Waals surface area (Å²) in [6.07, 6.45) is -17.6. The Morgan fingerprint density at radius 2 is 1.37 bits per heavy atom. The maximum Gasteiger partial charge on any atom is 0.337 e. The molecule has 5 aliphatic carbocycles. The largest absolute Gasteiger partial charge is 0.508 e. The third kappa shape index (κ3) is 9.93. The molecule has 78 heavy (non-hydrogen) atoms. The molecule has 1 aromatic carbocycles. The SMILES string of the molecule is COC(=O)C1OC(OC2CCC3(C)C(CCC4(C)C3CC=C3C5CC(C)(C)CCC5(C(=O)OC5OCC(O)C(OC6OC(CO)C(O)C(O)C6O)C5OC(=O)CCc5ccc(O)cc5)C(O)CC34C)C2(C)C)C(O)C(O)C1O. The first kappa shape index (κ1) is 59.2. The van der Waals surface area contributed by atoms with Crippen molar-refractivity contribution in [1.82, 2.24) is 0 Å². The van der Waals surface area contributed by atoms with E-state index in [0.29, 0.717) is 31.2 Å². The van der Waals surface area contributed by atoms with Gasteiger partial charge in [0.2, 0.25) is 6.29 Å². The lowest BCUT2D eigenvalue weighted by atomic mass is 9.33. The number of phenols is 1. The van der Waals surface area contributed by atoms with Gasteiger partial charge in [0.15, 0.2) is 24.8 Å². The summed E-state index contributed by atoms with van der Waals surface area (Å²) in [5.74, 6) is -2.75. The molecule has 23 unspecified atom stereocenters. The minimum Gasteiger partial charge on any atom is -0.508 e. The summed E-state index contributed by atoms with van der Waals surface area (Å²) in [6.45, 7) is 14.2. The molecule has 3 saturated heterocycles. The number of esters is 3. The van der Waals surface area contributed by atoms with Crippen molar-refractivity contribution in [2.24, 2.45) is 50.2 Å². The number of allylic oxidation sites excluding steroid dienone is 2. The Hall–Kier alpha value is -3.39. The summed E-state index contributed by atoms with van der Waals surface area (Å²) in [4.78, 5) is 41.9. The Labute approximate surface area is 455 Å². The average Bonchev–Trinajstić information content (AvgIpc) is 2.33. The van der Waals surface area contributed by atoms with Gasteiger partial charge in [0.1, 0.15) is 66.1 Å². The van der Waals surface area contributed by atoms with Crippen molar-refractivity contribution in [2.75, 3.05) is 20.3 Å². The number of hydrogen-bond acceptors (Lipinski definition) is 21. The molecule has 7 fully saturated rings. The summed E-state index contributed by atoms with van der Waals surface area (Å²) < 4.78 is 47.3. The first-order valence-corrected chi connectivity index (χ1v) is 27.8. The van der Waals surface area contributed by atoms with Crippen molar-refractivity contribution in [3.8, 4) is 5.75 Å². The summed E-state index contributed by atoms with van der Waals surface area (Å²) >= 11 is 0. The number of aryl methyl sites for hydroxylation is 1. The van der Waals surface area contributed by atoms with Crippen molar-refractivity contribution in [2.45, 2.75) is 217 Å². The lowest BCUT2D eigenvalue weighted by Gasteiger charge is -2.71. The van der Waals surface area contributed by atoms with E-state index >= 15 is 4.79 Å². The van der Waals surface area contributed by atoms with Crippen molar-refractivity contribution in [3.05, 3.63) is 41.5 Å². The minimum absolute atomic E-state index is 0.0354. The normalized spacial score (nSPS) is 46.7. The molecule has 3 heterocycles. The second-order valence-electron chi connectivity index (χ2n) is 26.0. The second kappa shape index (κ2) is 21.7. The summed E-state index contributed by atoms with van der Waals surface area (Å²) in [7, 11) is 1.14. The molecule has 0 spiro atoms. The number of aliphatic hydroxyl groups is 9. The second-order valence-corrected chi connectivity index (χ2v) is 26.0. The molecule has 10 N–H and O–H groups in total. The van der Waals surface area contributed by atoms with Crippen LogP contribution < -0.4 is 0 Å². The molecule has 0 aromatic heterocycles. The monoisotopic (exact) mass is 1100 g/mol. The smallest absolute Gasteiger partial charge is 0.337 e. The van der Waals surface area contributed by atoms with E-state index in [1.807, 2.05) is 0 Å². The standard InChI is InChI=1S/C57H84O21/c1-52(2)21-22-57(51(70)78-50-46(75-37(62)16-11-27-9-12-28(59)13-10-27)44(31(60)26-72-50)76-48-42(67)39(64)38(63)32(25-58)73-48)30(23-52)29-14-15-34-54(5)19-18-36(74-49-43(68)40(65)41(66)45(77-49)47(69)71-8)53(3,4)33(54)17-20-55(34,6)56(29,7)24-35(57)61/h9-10,12-14,30-36,38-46,48-50,58-61,63-68H,11,15-26H2,1-8H3. The lowest BCUT2D eigenvalue weighted by molar-refractivity contribution is -0.347. The van der Waals surface area contributed by atoms with E-state index in [0.717, 1.165) is 31.9 Å². The molecule has 23 atom stereocenters. The van der Waals surface area contributed by atoms with E-state index in [1.165, 1.54) is 12.1 Å². The van der Waals surface area contributed by atoms with Crippen molar-refractivity contribution in [1.29, 1.82) is 0 Å². The summed E-state index contributed by atoms with van der Waals surface area (Å²) in [6, 6.07) is 6.21. The van der Waals surface area contributed by atoms with Crippen LogP contribution in [-0.4, -0.2) is 188 Å². The van der Waals surface area contributed by atoms with Gasteiger partial charge in [-0.3, -0.25) is 9.59 Å². The Bertz CT molecular complexity index is 2380. The fourth-order valence-electron chi connectivity index (χ4n) is 16.2. The molecule has 4 saturated carbocycles. The predicted octanol–water partition coefficient (Wildman–Crippen LogP) is 1.82. The number of phenolic OH excluding ortho intramolecular Hbond substituents is 1. The molecule has 21 heteroatoms. The van der Waals surface area contributed by atoms with E-state index in [2.05, 4.69) is 54.5 Å². The van der Waals surface area contributed by atoms with Crippen LogP contribution in [0.3, 0.4) is 0 Å². The molecule has 21 nitrogen and oxygen atoms in total. The number of rotatable bonds is 12. The van der Waals surface area contributed by atoms with Gasteiger partial charge in [0.25, 0.3) is 0 Å². The highest BCUT2D eigenvalue weighted by Crippen LogP contribution is 2.76. The van der Waals surface area contributed by atoms with E-state index in [9.17, 15) is 60.7 Å². The first-order valence-electron chi connectivity index (χ1n) is 27.8. The van der Waals surface area contributed by atoms with Gasteiger partial charge >= 0.3 is 17.9 Å². The van der Waals surface area contributed by atoms with E-state index < -0.39 is 152 Å². The number of aliphatic hydroxyl groups excluding tert-OH is 9. The fraction of sp³-hybridized carbons (Fsp3) is 0.807. The van der Waals surface area contributed by atoms with E-state index in [4.69, 9.17) is 37.9 Å². The van der Waals surface area contributed by atoms with Crippen LogP contribution >= 0.6 is 0 Å². The van der Waals surface area contributed by atoms with Crippen molar-refractivity contribution in [3.63, 3.8) is 0 Å². The van der Waals surface area contributed by atoms with Crippen LogP contribution in [0.1, 0.15) is 118 Å². The molecule has 0 amide bonds. The van der Waals surface area contributed by atoms with Crippen LogP contribution in [0.25, 0.3) is 0 Å². The molecule has 438 valence electrons. The molecule has 9 rings (SSSR count). The van der Waals surface area contributed by atoms with Crippen molar-refractivity contribution >= 4 is 17.9 Å². The highest BCUT2D eigenvalue weighted by molar-refractivity contribution is 5.80. The fourth-order valence-corrected chi connectivity index (χ4v) is 16.2. The highest BCUT2D eigenvalue weighted by atomic mass is 16.8.